The van der Waals surface area contributed by atoms with Crippen molar-refractivity contribution in [2.24, 2.45) is 0 Å². The lowest BCUT2D eigenvalue weighted by Crippen LogP contribution is -2.11. The van der Waals surface area contributed by atoms with Crippen LogP contribution in [0, 0.1) is 0 Å². The van der Waals surface area contributed by atoms with Crippen LogP contribution in [-0.4, -0.2) is 57.7 Å². The van der Waals surface area contributed by atoms with Gasteiger partial charge in [0.25, 0.3) is 0 Å². The maximum atomic E-state index is 11.6. The largest absolute Gasteiger partial charge is 0.499 e. The minimum atomic E-state index is -4.19. The molecule has 1 N–H and O–H groups in total. The highest BCUT2D eigenvalue weighted by atomic mass is 31.2. The molecule has 0 radical (unpaired) electrons. The minimum Gasteiger partial charge on any atom is -0.379 e. The summed E-state index contributed by atoms with van der Waals surface area (Å²) in [6.07, 6.45) is 10.7. The predicted molar refractivity (Wildman–Crippen MR) is 108 cm³/mol. The smallest absolute Gasteiger partial charge is 0.379 e. The first-order chi connectivity index (χ1) is 13.6. The monoisotopic (exact) mass is 428 g/mol. The molecule has 28 heavy (non-hydrogen) atoms. The Morgan fingerprint density at radius 2 is 1.14 bits per heavy atom. The molecular formula is C19H41O8P. The van der Waals surface area contributed by atoms with Crippen molar-refractivity contribution in [3.8, 4) is 0 Å². The van der Waals surface area contributed by atoms with Gasteiger partial charge in [0.1, 0.15) is 0 Å². The van der Waals surface area contributed by atoms with Crippen LogP contribution in [0.15, 0.2) is 0 Å². The van der Waals surface area contributed by atoms with Crippen LogP contribution in [0.4, 0.5) is 0 Å². The maximum absolute atomic E-state index is 11.6. The molecule has 0 bridgehead atoms. The second-order valence-electron chi connectivity index (χ2n) is 6.45. The topological polar surface area (TPSA) is 92.7 Å². The molecule has 0 spiro atoms. The van der Waals surface area contributed by atoms with Crippen molar-refractivity contribution < 1.29 is 37.8 Å². The highest BCUT2D eigenvalue weighted by Gasteiger charge is 2.22. The lowest BCUT2D eigenvalue weighted by Gasteiger charge is -2.11. The van der Waals surface area contributed by atoms with Crippen LogP contribution >= 0.6 is 7.82 Å². The maximum Gasteiger partial charge on any atom is 0.499 e. The Kier molecular flexibility index (Phi) is 21.6. The Hall–Kier alpha value is -0.0500. The Morgan fingerprint density at radius 3 is 1.71 bits per heavy atom. The molecule has 1 unspecified atom stereocenters. The summed E-state index contributed by atoms with van der Waals surface area (Å²) in [7, 11) is -4.19. The lowest BCUT2D eigenvalue weighted by atomic mass is 10.1. The molecule has 0 rings (SSSR count). The molecule has 0 aliphatic carbocycles. The molecule has 0 aromatic heterocycles. The quantitative estimate of drug-likeness (QED) is 0.109. The van der Waals surface area contributed by atoms with E-state index < -0.39 is 7.82 Å². The molecule has 170 valence electrons. The lowest BCUT2D eigenvalue weighted by molar-refractivity contribution is -0.225. The van der Waals surface area contributed by atoms with E-state index in [1.54, 1.807) is 0 Å². The molecule has 0 fully saturated rings. The molecule has 0 saturated heterocycles. The molecule has 0 aromatic carbocycles. The predicted octanol–water partition coefficient (Wildman–Crippen LogP) is 4.65. The SMILES string of the molecule is CCCCCCCCCCCOOP(=O)(O)OCCOCCOCCOCC. The summed E-state index contributed by atoms with van der Waals surface area (Å²) in [5.74, 6) is 0. The van der Waals surface area contributed by atoms with E-state index in [1.807, 2.05) is 6.92 Å². The second-order valence-corrected chi connectivity index (χ2v) is 7.79. The Bertz CT molecular complexity index is 357. The van der Waals surface area contributed by atoms with Gasteiger partial charge in [-0.2, -0.15) is 0 Å². The van der Waals surface area contributed by atoms with E-state index in [-0.39, 0.29) is 19.8 Å². The van der Waals surface area contributed by atoms with Crippen molar-refractivity contribution >= 4 is 7.82 Å². The average Bonchev–Trinajstić information content (AvgIpc) is 2.67. The van der Waals surface area contributed by atoms with Gasteiger partial charge in [0, 0.05) is 6.61 Å². The van der Waals surface area contributed by atoms with Crippen molar-refractivity contribution in [3.05, 3.63) is 0 Å². The van der Waals surface area contributed by atoms with Crippen LogP contribution in [0.2, 0.25) is 0 Å². The standard InChI is InChI=1S/C19H41O8P/c1-3-5-6-7-8-9-10-11-12-13-25-27-28(20,21)26-19-18-24-17-16-23-15-14-22-4-2/h3-19H2,1-2H3,(H,20,21). The van der Waals surface area contributed by atoms with Gasteiger partial charge in [-0.25, -0.2) is 9.45 Å². The highest BCUT2D eigenvalue weighted by molar-refractivity contribution is 7.47. The molecule has 0 saturated carbocycles. The number of ether oxygens (including phenoxy) is 3. The van der Waals surface area contributed by atoms with Crippen LogP contribution < -0.4 is 0 Å². The molecule has 0 heterocycles. The molecule has 0 aromatic rings. The number of rotatable bonds is 23. The zero-order valence-corrected chi connectivity index (χ0v) is 18.7. The number of hydrogen-bond acceptors (Lipinski definition) is 7. The molecule has 0 aliphatic heterocycles. The normalized spacial score (nSPS) is 13.7. The van der Waals surface area contributed by atoms with Crippen LogP contribution in [-0.2, 0) is 32.9 Å². The zero-order chi connectivity index (χ0) is 20.8. The fourth-order valence-corrected chi connectivity index (χ4v) is 2.95. The number of phosphoric ester groups is 1. The second kappa shape index (κ2) is 21.7. The molecular weight excluding hydrogens is 387 g/mol. The minimum absolute atomic E-state index is 0.0614. The van der Waals surface area contributed by atoms with Gasteiger partial charge in [-0.3, -0.25) is 4.52 Å². The van der Waals surface area contributed by atoms with Gasteiger partial charge < -0.3 is 19.1 Å². The van der Waals surface area contributed by atoms with Crippen LogP contribution in [0.25, 0.3) is 0 Å². The van der Waals surface area contributed by atoms with E-state index in [0.29, 0.717) is 33.0 Å². The van der Waals surface area contributed by atoms with Gasteiger partial charge in [0.15, 0.2) is 0 Å². The third-order valence-corrected chi connectivity index (χ3v) is 4.71. The van der Waals surface area contributed by atoms with Crippen LogP contribution in [0.3, 0.4) is 0 Å². The molecule has 1 atom stereocenters. The molecule has 9 heteroatoms. The van der Waals surface area contributed by atoms with Crippen molar-refractivity contribution in [3.63, 3.8) is 0 Å². The first-order valence-electron chi connectivity index (χ1n) is 10.6. The summed E-state index contributed by atoms with van der Waals surface area (Å²) in [6.45, 7) is 7.08. The van der Waals surface area contributed by atoms with E-state index in [9.17, 15) is 9.46 Å². The van der Waals surface area contributed by atoms with Crippen LogP contribution in [0.5, 0.6) is 0 Å². The summed E-state index contributed by atoms with van der Waals surface area (Å²) < 4.78 is 36.5. The molecule has 0 amide bonds. The van der Waals surface area contributed by atoms with E-state index in [2.05, 4.69) is 11.6 Å². The van der Waals surface area contributed by atoms with Crippen molar-refractivity contribution in [1.82, 2.24) is 0 Å². The van der Waals surface area contributed by atoms with Gasteiger partial charge in [-0.1, -0.05) is 58.3 Å². The Morgan fingerprint density at radius 1 is 0.643 bits per heavy atom. The number of phosphoric acid groups is 1. The van der Waals surface area contributed by atoms with Crippen molar-refractivity contribution in [2.75, 3.05) is 52.9 Å². The fourth-order valence-electron chi connectivity index (χ4n) is 2.39. The van der Waals surface area contributed by atoms with Gasteiger partial charge in [-0.05, 0) is 13.3 Å². The summed E-state index contributed by atoms with van der Waals surface area (Å²) in [5.41, 5.74) is 0. The van der Waals surface area contributed by atoms with E-state index in [0.717, 1.165) is 19.3 Å². The molecule has 8 nitrogen and oxygen atoms in total. The van der Waals surface area contributed by atoms with Crippen molar-refractivity contribution in [1.29, 1.82) is 0 Å². The van der Waals surface area contributed by atoms with E-state index in [1.165, 1.54) is 38.5 Å². The average molecular weight is 429 g/mol. The third kappa shape index (κ3) is 22.2. The fraction of sp³-hybridized carbons (Fsp3) is 1.00. The Labute approximate surface area is 170 Å². The summed E-state index contributed by atoms with van der Waals surface area (Å²) in [5, 5.41) is 0. The van der Waals surface area contributed by atoms with Gasteiger partial charge in [-0.15, -0.1) is 4.67 Å². The Balaban J connectivity index is 3.32. The van der Waals surface area contributed by atoms with E-state index >= 15 is 0 Å². The van der Waals surface area contributed by atoms with Crippen LogP contribution in [0.1, 0.15) is 71.6 Å². The third-order valence-electron chi connectivity index (χ3n) is 3.91. The first kappa shape index (κ1) is 27.9. The van der Waals surface area contributed by atoms with Gasteiger partial charge in [0.2, 0.25) is 0 Å². The van der Waals surface area contributed by atoms with Gasteiger partial charge >= 0.3 is 7.82 Å². The van der Waals surface area contributed by atoms with Crippen molar-refractivity contribution in [2.45, 2.75) is 71.6 Å². The highest BCUT2D eigenvalue weighted by Crippen LogP contribution is 2.43. The molecule has 0 aliphatic rings. The number of unbranched alkanes of at least 4 members (excludes halogenated alkanes) is 8. The summed E-state index contributed by atoms with van der Waals surface area (Å²) in [4.78, 5) is 14.3. The summed E-state index contributed by atoms with van der Waals surface area (Å²) >= 11 is 0. The van der Waals surface area contributed by atoms with Gasteiger partial charge in [0.05, 0.1) is 46.2 Å². The number of hydrogen-bond donors (Lipinski definition) is 1. The first-order valence-corrected chi connectivity index (χ1v) is 12.1. The van der Waals surface area contributed by atoms with E-state index in [4.69, 9.17) is 23.6 Å². The zero-order valence-electron chi connectivity index (χ0n) is 17.8. The summed E-state index contributed by atoms with van der Waals surface area (Å²) in [6, 6.07) is 0.